The van der Waals surface area contributed by atoms with E-state index in [1.165, 1.54) is 4.90 Å². The van der Waals surface area contributed by atoms with E-state index in [0.29, 0.717) is 31.2 Å². The predicted molar refractivity (Wildman–Crippen MR) is 91.3 cm³/mol. The summed E-state index contributed by atoms with van der Waals surface area (Å²) in [5.41, 5.74) is 0.701. The zero-order valence-corrected chi connectivity index (χ0v) is 15.0. The highest BCUT2D eigenvalue weighted by atomic mass is 16.5. The van der Waals surface area contributed by atoms with Crippen LogP contribution in [0.15, 0.2) is 10.6 Å². The Balaban J connectivity index is 1.50. The van der Waals surface area contributed by atoms with E-state index < -0.39 is 12.1 Å². The fraction of sp³-hybridized carbons (Fsp3) is 0.706. The maximum atomic E-state index is 12.5. The molecular weight excluding hydrogens is 340 g/mol. The zero-order valence-electron chi connectivity index (χ0n) is 15.0. The molecule has 9 nitrogen and oxygen atoms in total. The third kappa shape index (κ3) is 4.80. The third-order valence-corrected chi connectivity index (χ3v) is 4.74. The second-order valence-electron chi connectivity index (χ2n) is 6.81. The molecule has 2 aliphatic rings. The molecule has 26 heavy (non-hydrogen) atoms. The number of likely N-dealkylation sites (tertiary alicyclic amines) is 1. The Morgan fingerprint density at radius 2 is 2.15 bits per heavy atom. The van der Waals surface area contributed by atoms with Crippen LogP contribution < -0.4 is 5.32 Å². The molecule has 0 spiro atoms. The molecule has 1 aromatic heterocycles. The molecule has 144 valence electrons. The maximum Gasteiger partial charge on any atom is 0.242 e. The maximum absolute atomic E-state index is 12.5. The Morgan fingerprint density at radius 1 is 1.38 bits per heavy atom. The van der Waals surface area contributed by atoms with Crippen molar-refractivity contribution in [3.8, 4) is 0 Å². The van der Waals surface area contributed by atoms with Crippen molar-refractivity contribution in [2.75, 3.05) is 45.9 Å². The van der Waals surface area contributed by atoms with Crippen molar-refractivity contribution in [3.63, 3.8) is 0 Å². The monoisotopic (exact) mass is 366 g/mol. The molecular formula is C17H26N4O5. The van der Waals surface area contributed by atoms with Gasteiger partial charge >= 0.3 is 0 Å². The Kier molecular flexibility index (Phi) is 6.23. The van der Waals surface area contributed by atoms with Crippen LogP contribution in [0.3, 0.4) is 0 Å². The molecule has 0 aliphatic carbocycles. The average molecular weight is 366 g/mol. The van der Waals surface area contributed by atoms with Crippen LogP contribution in [-0.4, -0.2) is 90.0 Å². The quantitative estimate of drug-likeness (QED) is 0.660. The number of rotatable bonds is 6. The van der Waals surface area contributed by atoms with Crippen LogP contribution in [-0.2, 0) is 20.7 Å². The third-order valence-electron chi connectivity index (χ3n) is 4.74. The molecule has 2 unspecified atom stereocenters. The van der Waals surface area contributed by atoms with Gasteiger partial charge in [0, 0.05) is 45.2 Å². The zero-order chi connectivity index (χ0) is 18.5. The normalized spacial score (nSPS) is 24.0. The number of ether oxygens (including phenoxy) is 1. The number of aromatic nitrogens is 1. The van der Waals surface area contributed by atoms with Gasteiger partial charge in [-0.2, -0.15) is 0 Å². The van der Waals surface area contributed by atoms with Crippen LogP contribution in [0.25, 0.3) is 0 Å². The summed E-state index contributed by atoms with van der Waals surface area (Å²) >= 11 is 0. The van der Waals surface area contributed by atoms with Gasteiger partial charge in [0.25, 0.3) is 0 Å². The van der Waals surface area contributed by atoms with Gasteiger partial charge in [-0.1, -0.05) is 5.16 Å². The number of aliphatic hydroxyl groups excluding tert-OH is 1. The molecule has 1 aromatic rings. The summed E-state index contributed by atoms with van der Waals surface area (Å²) in [6.45, 7) is 6.34. The van der Waals surface area contributed by atoms with E-state index in [9.17, 15) is 14.7 Å². The van der Waals surface area contributed by atoms with E-state index in [-0.39, 0.29) is 31.2 Å². The summed E-state index contributed by atoms with van der Waals surface area (Å²) in [7, 11) is 0. The van der Waals surface area contributed by atoms with Gasteiger partial charge in [-0.15, -0.1) is 0 Å². The number of amides is 2. The number of hydrogen-bond donors (Lipinski definition) is 2. The number of morpholine rings is 1. The Bertz CT molecular complexity index is 628. The number of nitrogens with zero attached hydrogens (tertiary/aromatic N) is 3. The largest absolute Gasteiger partial charge is 0.391 e. The van der Waals surface area contributed by atoms with Crippen LogP contribution in [0.2, 0.25) is 0 Å². The van der Waals surface area contributed by atoms with Crippen LogP contribution in [0.1, 0.15) is 17.9 Å². The number of aliphatic hydroxyl groups is 1. The van der Waals surface area contributed by atoms with Crippen molar-refractivity contribution >= 4 is 11.8 Å². The summed E-state index contributed by atoms with van der Waals surface area (Å²) in [5.74, 6) is -0.0108. The number of carbonyl (C=O) groups excluding carboxylic acids is 2. The van der Waals surface area contributed by atoms with Crippen LogP contribution >= 0.6 is 0 Å². The smallest absolute Gasteiger partial charge is 0.242 e. The van der Waals surface area contributed by atoms with Crippen LogP contribution in [0.4, 0.5) is 0 Å². The summed E-state index contributed by atoms with van der Waals surface area (Å²) in [5, 5.41) is 16.6. The standard InChI is InChI=1S/C17H26N4O5/c1-12-8-14(26-19-12)10-16(23)21-11-13(22)9-15(21)17(24)18-2-3-20-4-6-25-7-5-20/h8,13,15,22H,2-7,9-11H2,1H3,(H,18,24). The van der Waals surface area contributed by atoms with E-state index in [1.54, 1.807) is 13.0 Å². The van der Waals surface area contributed by atoms with Gasteiger partial charge < -0.3 is 24.6 Å². The van der Waals surface area contributed by atoms with Crippen LogP contribution in [0, 0.1) is 6.92 Å². The van der Waals surface area contributed by atoms with Crippen molar-refractivity contribution < 1.29 is 24.0 Å². The second-order valence-corrected chi connectivity index (χ2v) is 6.81. The molecule has 2 fully saturated rings. The highest BCUT2D eigenvalue weighted by molar-refractivity contribution is 5.89. The fourth-order valence-corrected chi connectivity index (χ4v) is 3.37. The molecule has 0 saturated carbocycles. The van der Waals surface area contributed by atoms with Gasteiger partial charge in [-0.3, -0.25) is 14.5 Å². The summed E-state index contributed by atoms with van der Waals surface area (Å²) in [4.78, 5) is 28.7. The number of carbonyl (C=O) groups is 2. The first-order valence-electron chi connectivity index (χ1n) is 9.00. The molecule has 0 bridgehead atoms. The van der Waals surface area contributed by atoms with E-state index in [1.807, 2.05) is 0 Å². The molecule has 2 aliphatic heterocycles. The van der Waals surface area contributed by atoms with Crippen LogP contribution in [0.5, 0.6) is 0 Å². The topological polar surface area (TPSA) is 108 Å². The van der Waals surface area contributed by atoms with Gasteiger partial charge in [0.2, 0.25) is 11.8 Å². The molecule has 2 saturated heterocycles. The Hall–Kier alpha value is -1.97. The molecule has 2 N–H and O–H groups in total. The number of hydrogen-bond acceptors (Lipinski definition) is 7. The van der Waals surface area contributed by atoms with Crippen molar-refractivity contribution in [1.82, 2.24) is 20.3 Å². The van der Waals surface area contributed by atoms with Crippen molar-refractivity contribution in [2.45, 2.75) is 31.9 Å². The summed E-state index contributed by atoms with van der Waals surface area (Å²) in [6, 6.07) is 1.05. The molecule has 3 heterocycles. The lowest BCUT2D eigenvalue weighted by Gasteiger charge is -2.27. The Labute approximate surface area is 152 Å². The first-order valence-corrected chi connectivity index (χ1v) is 9.00. The first kappa shape index (κ1) is 18.8. The average Bonchev–Trinajstić information content (AvgIpc) is 3.21. The van der Waals surface area contributed by atoms with E-state index >= 15 is 0 Å². The first-order chi connectivity index (χ1) is 12.5. The lowest BCUT2D eigenvalue weighted by molar-refractivity contribution is -0.138. The number of β-amino-alcohol motifs (C(OH)–C–C–N with tert-alkyl or cyclic N) is 1. The fourth-order valence-electron chi connectivity index (χ4n) is 3.37. The highest BCUT2D eigenvalue weighted by Gasteiger charge is 2.38. The minimum atomic E-state index is -0.689. The number of aryl methyl sites for hydroxylation is 1. The highest BCUT2D eigenvalue weighted by Crippen LogP contribution is 2.20. The lowest BCUT2D eigenvalue weighted by Crippen LogP contribution is -2.48. The SMILES string of the molecule is Cc1cc(CC(=O)N2CC(O)CC2C(=O)NCCN2CCOCC2)on1. The second kappa shape index (κ2) is 8.61. The van der Waals surface area contributed by atoms with Gasteiger partial charge in [0.15, 0.2) is 0 Å². The lowest BCUT2D eigenvalue weighted by atomic mass is 10.1. The molecule has 0 aromatic carbocycles. The molecule has 9 heteroatoms. The molecule has 2 atom stereocenters. The van der Waals surface area contributed by atoms with E-state index in [4.69, 9.17) is 9.26 Å². The van der Waals surface area contributed by atoms with Gasteiger partial charge in [0.05, 0.1) is 31.4 Å². The van der Waals surface area contributed by atoms with Gasteiger partial charge in [0.1, 0.15) is 11.8 Å². The predicted octanol–water partition coefficient (Wildman–Crippen LogP) is -1.06. The summed E-state index contributed by atoms with van der Waals surface area (Å²) in [6.07, 6.45) is -0.402. The van der Waals surface area contributed by atoms with E-state index in [0.717, 1.165) is 19.6 Å². The molecule has 0 radical (unpaired) electrons. The van der Waals surface area contributed by atoms with Crippen molar-refractivity contribution in [1.29, 1.82) is 0 Å². The van der Waals surface area contributed by atoms with Gasteiger partial charge in [-0.05, 0) is 6.92 Å². The summed E-state index contributed by atoms with van der Waals surface area (Å²) < 4.78 is 10.4. The number of nitrogens with one attached hydrogen (secondary N) is 1. The van der Waals surface area contributed by atoms with Crippen molar-refractivity contribution in [3.05, 3.63) is 17.5 Å². The Morgan fingerprint density at radius 3 is 2.85 bits per heavy atom. The molecule has 2 amide bonds. The molecule has 3 rings (SSSR count). The van der Waals surface area contributed by atoms with Crippen molar-refractivity contribution in [2.24, 2.45) is 0 Å². The minimum Gasteiger partial charge on any atom is -0.391 e. The van der Waals surface area contributed by atoms with E-state index in [2.05, 4.69) is 15.4 Å². The van der Waals surface area contributed by atoms with Gasteiger partial charge in [-0.25, -0.2) is 0 Å². The minimum absolute atomic E-state index is 0.0329.